The van der Waals surface area contributed by atoms with E-state index in [1.54, 1.807) is 0 Å². The SMILES string of the molecule is CN1CCCC2(BCC2)CC1. The number of hydrogen-bond donors (Lipinski definition) is 0. The van der Waals surface area contributed by atoms with Gasteiger partial charge in [-0.1, -0.05) is 24.5 Å². The fourth-order valence-electron chi connectivity index (χ4n) is 2.57. The van der Waals surface area contributed by atoms with Crippen molar-refractivity contribution in [2.75, 3.05) is 20.1 Å². The van der Waals surface area contributed by atoms with E-state index in [2.05, 4.69) is 11.9 Å². The van der Waals surface area contributed by atoms with Crippen LogP contribution in [0.1, 0.15) is 25.7 Å². The highest BCUT2D eigenvalue weighted by molar-refractivity contribution is 6.44. The molecule has 2 heteroatoms. The highest BCUT2D eigenvalue weighted by atomic mass is 15.1. The van der Waals surface area contributed by atoms with Crippen molar-refractivity contribution in [1.82, 2.24) is 4.90 Å². The highest BCUT2D eigenvalue weighted by Crippen LogP contribution is 2.50. The molecule has 0 aromatic heterocycles. The van der Waals surface area contributed by atoms with Gasteiger partial charge in [0, 0.05) is 0 Å². The predicted molar refractivity (Wildman–Crippen MR) is 50.6 cm³/mol. The van der Waals surface area contributed by atoms with Crippen molar-refractivity contribution in [2.24, 2.45) is 0 Å². The van der Waals surface area contributed by atoms with Crippen molar-refractivity contribution >= 4 is 7.28 Å². The molecule has 0 bridgehead atoms. The Labute approximate surface area is 70.4 Å². The van der Waals surface area contributed by atoms with Crippen molar-refractivity contribution in [2.45, 2.75) is 37.3 Å². The molecule has 0 radical (unpaired) electrons. The van der Waals surface area contributed by atoms with Crippen molar-refractivity contribution < 1.29 is 0 Å². The van der Waals surface area contributed by atoms with Crippen molar-refractivity contribution in [3.63, 3.8) is 0 Å². The molecule has 1 nitrogen and oxygen atoms in total. The highest BCUT2D eigenvalue weighted by Gasteiger charge is 2.38. The molecule has 2 aliphatic heterocycles. The summed E-state index contributed by atoms with van der Waals surface area (Å²) in [5.74, 6) is 0. The van der Waals surface area contributed by atoms with E-state index in [4.69, 9.17) is 0 Å². The van der Waals surface area contributed by atoms with Crippen LogP contribution < -0.4 is 0 Å². The van der Waals surface area contributed by atoms with Crippen molar-refractivity contribution in [3.05, 3.63) is 0 Å². The minimum atomic E-state index is 0.824. The van der Waals surface area contributed by atoms with E-state index in [1.165, 1.54) is 52.4 Å². The lowest BCUT2D eigenvalue weighted by Gasteiger charge is -2.40. The van der Waals surface area contributed by atoms with Gasteiger partial charge in [0.15, 0.2) is 0 Å². The quantitative estimate of drug-likeness (QED) is 0.474. The van der Waals surface area contributed by atoms with Gasteiger partial charge in [-0.25, -0.2) is 0 Å². The van der Waals surface area contributed by atoms with Gasteiger partial charge in [0.25, 0.3) is 0 Å². The van der Waals surface area contributed by atoms with Gasteiger partial charge in [-0.2, -0.15) is 0 Å². The minimum Gasteiger partial charge on any atom is -0.306 e. The largest absolute Gasteiger partial charge is 0.306 e. The maximum absolute atomic E-state index is 2.49. The van der Waals surface area contributed by atoms with Crippen LogP contribution in [0.15, 0.2) is 0 Å². The Morgan fingerprint density at radius 3 is 2.64 bits per heavy atom. The third kappa shape index (κ3) is 1.46. The summed E-state index contributed by atoms with van der Waals surface area (Å²) >= 11 is 0. The lowest BCUT2D eigenvalue weighted by Crippen LogP contribution is -2.31. The van der Waals surface area contributed by atoms with E-state index < -0.39 is 0 Å². The maximum atomic E-state index is 2.49. The average Bonchev–Trinajstić information content (AvgIpc) is 2.09. The van der Waals surface area contributed by atoms with Crippen LogP contribution in [0.4, 0.5) is 0 Å². The van der Waals surface area contributed by atoms with Crippen LogP contribution >= 0.6 is 0 Å². The monoisotopic (exact) mass is 151 g/mol. The summed E-state index contributed by atoms with van der Waals surface area (Å²) in [5.41, 5.74) is 0. The molecule has 62 valence electrons. The zero-order chi connectivity index (χ0) is 7.73. The lowest BCUT2D eigenvalue weighted by atomic mass is 9.35. The van der Waals surface area contributed by atoms with Gasteiger partial charge in [0.2, 0.25) is 0 Å². The minimum absolute atomic E-state index is 0.824. The number of hydrogen-bond acceptors (Lipinski definition) is 1. The first-order valence-corrected chi connectivity index (χ1v) is 4.99. The fraction of sp³-hybridized carbons (Fsp3) is 1.00. The van der Waals surface area contributed by atoms with E-state index in [9.17, 15) is 0 Å². The third-order valence-electron chi connectivity index (χ3n) is 3.69. The maximum Gasteiger partial charge on any atom is 0.128 e. The Balaban J connectivity index is 1.92. The molecular weight excluding hydrogens is 133 g/mol. The molecule has 0 amide bonds. The molecule has 1 unspecified atom stereocenters. The molecule has 2 saturated heterocycles. The van der Waals surface area contributed by atoms with Crippen LogP contribution in [0, 0.1) is 0 Å². The molecule has 2 rings (SSSR count). The van der Waals surface area contributed by atoms with Crippen LogP contribution in [0.2, 0.25) is 11.6 Å². The van der Waals surface area contributed by atoms with E-state index in [0.717, 1.165) is 5.31 Å². The topological polar surface area (TPSA) is 3.24 Å². The molecule has 11 heavy (non-hydrogen) atoms. The van der Waals surface area contributed by atoms with Gasteiger partial charge in [0.1, 0.15) is 7.28 Å². The van der Waals surface area contributed by atoms with Gasteiger partial charge in [-0.05, 0) is 33.0 Å². The number of rotatable bonds is 0. The second-order valence-corrected chi connectivity index (χ2v) is 4.51. The Morgan fingerprint density at radius 2 is 2.00 bits per heavy atom. The summed E-state index contributed by atoms with van der Waals surface area (Å²) in [4.78, 5) is 2.49. The second-order valence-electron chi connectivity index (χ2n) is 4.51. The third-order valence-corrected chi connectivity index (χ3v) is 3.69. The molecule has 2 fully saturated rings. The summed E-state index contributed by atoms with van der Waals surface area (Å²) in [6.07, 6.45) is 7.46. The first-order valence-electron chi connectivity index (χ1n) is 4.99. The average molecular weight is 151 g/mol. The Morgan fingerprint density at radius 1 is 1.18 bits per heavy atom. The first-order chi connectivity index (χ1) is 5.31. The molecular formula is C9H18BN. The molecule has 0 saturated carbocycles. The van der Waals surface area contributed by atoms with Gasteiger partial charge in [0.05, 0.1) is 0 Å². The smallest absolute Gasteiger partial charge is 0.128 e. The van der Waals surface area contributed by atoms with Gasteiger partial charge in [-0.15, -0.1) is 0 Å². The van der Waals surface area contributed by atoms with Gasteiger partial charge >= 0.3 is 0 Å². The number of likely N-dealkylation sites (tertiary alicyclic amines) is 1. The van der Waals surface area contributed by atoms with E-state index >= 15 is 0 Å². The lowest BCUT2D eigenvalue weighted by molar-refractivity contribution is 0.338. The van der Waals surface area contributed by atoms with Gasteiger partial charge in [-0.3, -0.25) is 0 Å². The van der Waals surface area contributed by atoms with Crippen molar-refractivity contribution in [3.8, 4) is 0 Å². The summed E-state index contributed by atoms with van der Waals surface area (Å²) in [7, 11) is 3.79. The Hall–Kier alpha value is 0.0249. The summed E-state index contributed by atoms with van der Waals surface area (Å²) in [6.45, 7) is 2.68. The van der Waals surface area contributed by atoms with Crippen molar-refractivity contribution in [1.29, 1.82) is 0 Å². The normalized spacial score (nSPS) is 39.4. The molecule has 1 atom stereocenters. The molecule has 0 N–H and O–H groups in total. The van der Waals surface area contributed by atoms with Crippen LogP contribution in [0.3, 0.4) is 0 Å². The van der Waals surface area contributed by atoms with Crippen LogP contribution in [0.5, 0.6) is 0 Å². The zero-order valence-electron chi connectivity index (χ0n) is 7.60. The Bertz CT molecular complexity index is 142. The fourth-order valence-corrected chi connectivity index (χ4v) is 2.57. The summed E-state index contributed by atoms with van der Waals surface area (Å²) < 4.78 is 0. The molecule has 2 heterocycles. The van der Waals surface area contributed by atoms with Crippen LogP contribution in [-0.2, 0) is 0 Å². The van der Waals surface area contributed by atoms with Crippen LogP contribution in [0.25, 0.3) is 0 Å². The molecule has 0 aliphatic carbocycles. The second kappa shape index (κ2) is 2.82. The van der Waals surface area contributed by atoms with E-state index in [1.807, 2.05) is 0 Å². The standard InChI is InChI=1S/C9H18BN/c1-11-7-2-3-9(5-8-11)4-6-10-9/h10H,2-8H2,1H3. The first kappa shape index (κ1) is 7.66. The summed E-state index contributed by atoms with van der Waals surface area (Å²) in [6, 6.07) is 0. The van der Waals surface area contributed by atoms with E-state index in [-0.39, 0.29) is 0 Å². The summed E-state index contributed by atoms with van der Waals surface area (Å²) in [5, 5.41) is 0.824. The van der Waals surface area contributed by atoms with Gasteiger partial charge < -0.3 is 4.90 Å². The predicted octanol–water partition coefficient (Wildman–Crippen LogP) is 1.52. The van der Waals surface area contributed by atoms with E-state index in [0.29, 0.717) is 0 Å². The number of nitrogens with zero attached hydrogens (tertiary/aromatic N) is 1. The molecule has 2 aliphatic rings. The zero-order valence-corrected chi connectivity index (χ0v) is 7.60. The van der Waals surface area contributed by atoms with Crippen LogP contribution in [-0.4, -0.2) is 32.3 Å². The Kier molecular flexibility index (Phi) is 1.96. The molecule has 1 spiro atoms. The molecule has 0 aromatic rings. The molecule has 0 aromatic carbocycles.